The van der Waals surface area contributed by atoms with E-state index in [0.717, 1.165) is 11.8 Å². The van der Waals surface area contributed by atoms with Crippen molar-refractivity contribution in [3.05, 3.63) is 75.8 Å². The number of thioether (sulfide) groups is 1. The molecule has 34 heavy (non-hydrogen) atoms. The smallest absolute Gasteiger partial charge is 0.337 e. The number of amides is 1. The van der Waals surface area contributed by atoms with Gasteiger partial charge in [0.05, 0.1) is 60.4 Å². The number of hydrogen-bond donors (Lipinski definition) is 2. The molecule has 0 bridgehead atoms. The average molecular weight is 480 g/mol. The minimum absolute atomic E-state index is 0.0493. The highest BCUT2D eigenvalue weighted by atomic mass is 32.2. The zero-order chi connectivity index (χ0) is 24.7. The van der Waals surface area contributed by atoms with Crippen LogP contribution >= 0.6 is 11.8 Å². The number of ether oxygens (including phenoxy) is 3. The number of nitrogens with zero attached hydrogens (tertiary/aromatic N) is 1. The minimum Gasteiger partial charge on any atom is -0.497 e. The van der Waals surface area contributed by atoms with Crippen LogP contribution in [0.1, 0.15) is 24.0 Å². The van der Waals surface area contributed by atoms with E-state index in [-0.39, 0.29) is 23.5 Å². The highest BCUT2D eigenvalue weighted by Crippen LogP contribution is 2.46. The second-order valence-electron chi connectivity index (χ2n) is 7.15. The first-order valence-corrected chi connectivity index (χ1v) is 11.4. The van der Waals surface area contributed by atoms with Gasteiger partial charge in [-0.2, -0.15) is 5.26 Å². The molecule has 1 aliphatic rings. The standard InChI is InChI=1S/C25H25N3O5S/c1-4-33-25(30)22-21(17-12-16(31-2)10-11-19(17)32-3)18(13-26)24(34-14-20(27)29)28-23(22)15-8-6-5-7-9-15/h5-12,21,28H,4,14H2,1-3H3,(H2,27,29)/t21-/m0/s1. The second kappa shape index (κ2) is 11.3. The molecule has 2 aromatic carbocycles. The van der Waals surface area contributed by atoms with Crippen LogP contribution in [0.2, 0.25) is 0 Å². The summed E-state index contributed by atoms with van der Waals surface area (Å²) in [6, 6.07) is 16.6. The van der Waals surface area contributed by atoms with Gasteiger partial charge in [-0.1, -0.05) is 42.1 Å². The summed E-state index contributed by atoms with van der Waals surface area (Å²) in [4.78, 5) is 24.9. The van der Waals surface area contributed by atoms with Crippen LogP contribution in [0.15, 0.2) is 64.7 Å². The van der Waals surface area contributed by atoms with Gasteiger partial charge in [-0.3, -0.25) is 4.79 Å². The quantitative estimate of drug-likeness (QED) is 0.525. The molecule has 1 atom stereocenters. The number of nitrogens with two attached hydrogens (primary N) is 1. The van der Waals surface area contributed by atoms with E-state index in [9.17, 15) is 14.9 Å². The Morgan fingerprint density at radius 2 is 1.88 bits per heavy atom. The number of benzene rings is 2. The van der Waals surface area contributed by atoms with Crippen molar-refractivity contribution in [2.45, 2.75) is 12.8 Å². The predicted molar refractivity (Wildman–Crippen MR) is 130 cm³/mol. The van der Waals surface area contributed by atoms with Crippen molar-refractivity contribution in [1.82, 2.24) is 5.32 Å². The van der Waals surface area contributed by atoms with Crippen molar-refractivity contribution in [1.29, 1.82) is 5.26 Å². The number of methoxy groups -OCH3 is 2. The van der Waals surface area contributed by atoms with E-state index in [2.05, 4.69) is 11.4 Å². The normalized spacial score (nSPS) is 15.3. The summed E-state index contributed by atoms with van der Waals surface area (Å²) in [6.07, 6.45) is 0. The molecule has 0 saturated heterocycles. The Morgan fingerprint density at radius 3 is 2.47 bits per heavy atom. The van der Waals surface area contributed by atoms with Gasteiger partial charge in [0.15, 0.2) is 0 Å². The number of nitriles is 1. The molecule has 0 aromatic heterocycles. The Morgan fingerprint density at radius 1 is 1.15 bits per heavy atom. The largest absolute Gasteiger partial charge is 0.497 e. The van der Waals surface area contributed by atoms with E-state index in [1.54, 1.807) is 25.1 Å². The Balaban J connectivity index is 2.36. The van der Waals surface area contributed by atoms with Crippen LogP contribution in [0.4, 0.5) is 0 Å². The van der Waals surface area contributed by atoms with Gasteiger partial charge >= 0.3 is 5.97 Å². The molecule has 0 radical (unpaired) electrons. The molecule has 8 nitrogen and oxygen atoms in total. The highest BCUT2D eigenvalue weighted by molar-refractivity contribution is 8.03. The topological polar surface area (TPSA) is 124 Å². The van der Waals surface area contributed by atoms with Crippen LogP contribution in [0.25, 0.3) is 5.70 Å². The fourth-order valence-corrected chi connectivity index (χ4v) is 4.46. The molecule has 1 amide bonds. The molecule has 0 spiro atoms. The lowest BCUT2D eigenvalue weighted by Crippen LogP contribution is -2.30. The molecule has 1 aliphatic heterocycles. The van der Waals surface area contributed by atoms with Crippen molar-refractivity contribution in [2.24, 2.45) is 5.73 Å². The van der Waals surface area contributed by atoms with E-state index in [4.69, 9.17) is 19.9 Å². The first-order valence-electron chi connectivity index (χ1n) is 10.5. The molecule has 3 rings (SSSR count). The summed E-state index contributed by atoms with van der Waals surface area (Å²) in [5, 5.41) is 13.8. The third-order valence-corrected chi connectivity index (χ3v) is 6.15. The van der Waals surface area contributed by atoms with Crippen molar-refractivity contribution in [3.8, 4) is 17.6 Å². The molecule has 0 unspecified atom stereocenters. The van der Waals surface area contributed by atoms with E-state index in [0.29, 0.717) is 33.4 Å². The van der Waals surface area contributed by atoms with Crippen molar-refractivity contribution in [2.75, 3.05) is 26.6 Å². The van der Waals surface area contributed by atoms with Crippen LogP contribution < -0.4 is 20.5 Å². The maximum atomic E-state index is 13.3. The Labute approximate surface area is 202 Å². The summed E-state index contributed by atoms with van der Waals surface area (Å²) in [7, 11) is 3.04. The number of dihydropyridines is 1. The van der Waals surface area contributed by atoms with Crippen molar-refractivity contribution >= 4 is 29.3 Å². The third-order valence-electron chi connectivity index (χ3n) is 5.11. The Hall–Kier alpha value is -3.90. The number of primary amides is 1. The van der Waals surface area contributed by atoms with Crippen LogP contribution in [-0.2, 0) is 14.3 Å². The summed E-state index contributed by atoms with van der Waals surface area (Å²) in [5.41, 5.74) is 7.59. The molecule has 0 aliphatic carbocycles. The van der Waals surface area contributed by atoms with Gasteiger partial charge in [-0.05, 0) is 30.7 Å². The van der Waals surface area contributed by atoms with Crippen LogP contribution in [-0.4, -0.2) is 38.5 Å². The molecule has 9 heteroatoms. The lowest BCUT2D eigenvalue weighted by molar-refractivity contribution is -0.138. The molecule has 176 valence electrons. The maximum absolute atomic E-state index is 13.3. The highest BCUT2D eigenvalue weighted by Gasteiger charge is 2.39. The Kier molecular flexibility index (Phi) is 8.22. The van der Waals surface area contributed by atoms with Gasteiger partial charge in [0.2, 0.25) is 5.91 Å². The summed E-state index contributed by atoms with van der Waals surface area (Å²) >= 11 is 1.10. The number of allylic oxidation sites excluding steroid dienone is 1. The monoisotopic (exact) mass is 479 g/mol. The lowest BCUT2D eigenvalue weighted by Gasteiger charge is -2.31. The lowest BCUT2D eigenvalue weighted by atomic mass is 9.80. The summed E-state index contributed by atoms with van der Waals surface area (Å²) in [5.74, 6) is -1.01. The van der Waals surface area contributed by atoms with Gasteiger partial charge in [-0.15, -0.1) is 0 Å². The zero-order valence-corrected chi connectivity index (χ0v) is 19.9. The molecule has 2 aromatic rings. The first-order chi connectivity index (χ1) is 16.4. The van der Waals surface area contributed by atoms with Gasteiger partial charge in [0.25, 0.3) is 0 Å². The molecule has 0 saturated carbocycles. The van der Waals surface area contributed by atoms with Crippen molar-refractivity contribution < 1.29 is 23.8 Å². The van der Waals surface area contributed by atoms with Crippen molar-refractivity contribution in [3.63, 3.8) is 0 Å². The second-order valence-corrected chi connectivity index (χ2v) is 8.14. The number of carbonyl (C=O) groups excluding carboxylic acids is 2. The van der Waals surface area contributed by atoms with E-state index >= 15 is 0 Å². The Bertz CT molecular complexity index is 1180. The number of rotatable bonds is 9. The number of carbonyl (C=O) groups is 2. The average Bonchev–Trinajstić information content (AvgIpc) is 2.86. The van der Waals surface area contributed by atoms with Gasteiger partial charge < -0.3 is 25.3 Å². The molecule has 0 fully saturated rings. The third kappa shape index (κ3) is 5.18. The van der Waals surface area contributed by atoms with Gasteiger partial charge in [0, 0.05) is 5.56 Å². The van der Waals surface area contributed by atoms with Crippen LogP contribution in [0, 0.1) is 11.3 Å². The SMILES string of the molecule is CCOC(=O)C1=C(c2ccccc2)NC(SCC(N)=O)=C(C#N)[C@@H]1c1cc(OC)ccc1OC. The minimum atomic E-state index is -0.846. The van der Waals surface area contributed by atoms with Crippen LogP contribution in [0.3, 0.4) is 0 Å². The number of nitrogens with one attached hydrogen (secondary N) is 1. The van der Waals surface area contributed by atoms with Crippen LogP contribution in [0.5, 0.6) is 11.5 Å². The summed E-state index contributed by atoms with van der Waals surface area (Å²) in [6.45, 7) is 1.87. The predicted octanol–water partition coefficient (Wildman–Crippen LogP) is 3.32. The molecule has 3 N–H and O–H groups in total. The molecule has 1 heterocycles. The van der Waals surface area contributed by atoms with Gasteiger partial charge in [-0.25, -0.2) is 4.79 Å². The maximum Gasteiger partial charge on any atom is 0.337 e. The zero-order valence-electron chi connectivity index (χ0n) is 19.1. The first kappa shape index (κ1) is 24.7. The fraction of sp³-hybridized carbons (Fsp3) is 0.240. The van der Waals surface area contributed by atoms with E-state index in [1.165, 1.54) is 14.2 Å². The fourth-order valence-electron chi connectivity index (χ4n) is 3.68. The van der Waals surface area contributed by atoms with E-state index in [1.807, 2.05) is 30.3 Å². The number of esters is 1. The molecular formula is C25H25N3O5S. The summed E-state index contributed by atoms with van der Waals surface area (Å²) < 4.78 is 16.4. The van der Waals surface area contributed by atoms with Gasteiger partial charge in [0.1, 0.15) is 11.5 Å². The van der Waals surface area contributed by atoms with E-state index < -0.39 is 17.8 Å². The molecular weight excluding hydrogens is 454 g/mol. The number of hydrogen-bond acceptors (Lipinski definition) is 8.